The smallest absolute Gasteiger partial charge is 0.0236 e. The number of nitrogens with zero attached hydrogens (tertiary/aromatic N) is 1. The van der Waals surface area contributed by atoms with Crippen molar-refractivity contribution in [2.45, 2.75) is 45.2 Å². The average molecular weight is 246 g/mol. The highest BCUT2D eigenvalue weighted by molar-refractivity contribution is 5.23. The molecule has 1 aliphatic rings. The van der Waals surface area contributed by atoms with Gasteiger partial charge in [0.2, 0.25) is 0 Å². The number of nitrogens with one attached hydrogen (secondary N) is 1. The van der Waals surface area contributed by atoms with Crippen molar-refractivity contribution in [2.75, 3.05) is 20.1 Å². The lowest BCUT2D eigenvalue weighted by molar-refractivity contribution is 0.255. The van der Waals surface area contributed by atoms with Gasteiger partial charge >= 0.3 is 0 Å². The van der Waals surface area contributed by atoms with Gasteiger partial charge in [0, 0.05) is 12.6 Å². The standard InChI is InChI=1S/C16H26N2/c1-3-12-18(16-8-9-16)13-15-6-4-14(5-7-15)10-11-17-2/h4-7,16-17H,3,8-13H2,1-2H3. The van der Waals surface area contributed by atoms with Crippen molar-refractivity contribution < 1.29 is 0 Å². The summed E-state index contributed by atoms with van der Waals surface area (Å²) in [5.41, 5.74) is 2.89. The average Bonchev–Trinajstić information content (AvgIpc) is 3.22. The molecule has 0 heterocycles. The topological polar surface area (TPSA) is 15.3 Å². The minimum atomic E-state index is 0.869. The molecule has 0 unspecified atom stereocenters. The molecule has 0 saturated heterocycles. The van der Waals surface area contributed by atoms with Gasteiger partial charge < -0.3 is 5.32 Å². The second kappa shape index (κ2) is 6.91. The summed E-state index contributed by atoms with van der Waals surface area (Å²) in [6.07, 6.45) is 5.19. The van der Waals surface area contributed by atoms with Crippen LogP contribution in [0.5, 0.6) is 0 Å². The van der Waals surface area contributed by atoms with Gasteiger partial charge in [-0.3, -0.25) is 4.90 Å². The minimum Gasteiger partial charge on any atom is -0.319 e. The lowest BCUT2D eigenvalue weighted by atomic mass is 10.1. The zero-order chi connectivity index (χ0) is 12.8. The molecule has 100 valence electrons. The third-order valence-electron chi connectivity index (χ3n) is 3.65. The number of rotatable bonds is 8. The molecule has 1 aromatic carbocycles. The van der Waals surface area contributed by atoms with Crippen LogP contribution in [0.15, 0.2) is 24.3 Å². The van der Waals surface area contributed by atoms with Crippen LogP contribution in [0.2, 0.25) is 0 Å². The minimum absolute atomic E-state index is 0.869. The van der Waals surface area contributed by atoms with Crippen molar-refractivity contribution >= 4 is 0 Å². The second-order valence-electron chi connectivity index (χ2n) is 5.37. The molecular weight excluding hydrogens is 220 g/mol. The predicted octanol–water partition coefficient (Wildman–Crippen LogP) is 2.82. The first-order valence-electron chi connectivity index (χ1n) is 7.30. The summed E-state index contributed by atoms with van der Waals surface area (Å²) in [5, 5.41) is 3.19. The van der Waals surface area contributed by atoms with Crippen molar-refractivity contribution in [1.82, 2.24) is 10.2 Å². The van der Waals surface area contributed by atoms with Crippen molar-refractivity contribution in [3.63, 3.8) is 0 Å². The Bertz CT molecular complexity index is 341. The van der Waals surface area contributed by atoms with Crippen molar-refractivity contribution in [3.8, 4) is 0 Å². The largest absolute Gasteiger partial charge is 0.319 e. The lowest BCUT2D eigenvalue weighted by Crippen LogP contribution is -2.26. The van der Waals surface area contributed by atoms with Gasteiger partial charge in [-0.1, -0.05) is 31.2 Å². The Balaban J connectivity index is 1.87. The summed E-state index contributed by atoms with van der Waals surface area (Å²) >= 11 is 0. The molecule has 2 rings (SSSR count). The predicted molar refractivity (Wildman–Crippen MR) is 77.8 cm³/mol. The molecule has 1 fully saturated rings. The SMILES string of the molecule is CCCN(Cc1ccc(CCNC)cc1)C1CC1. The number of benzene rings is 1. The van der Waals surface area contributed by atoms with Crippen LogP contribution < -0.4 is 5.32 Å². The number of likely N-dealkylation sites (N-methyl/N-ethyl adjacent to an activating group) is 1. The Morgan fingerprint density at radius 3 is 2.39 bits per heavy atom. The van der Waals surface area contributed by atoms with E-state index in [4.69, 9.17) is 0 Å². The van der Waals surface area contributed by atoms with Crippen molar-refractivity contribution in [3.05, 3.63) is 35.4 Å². The molecule has 1 aromatic rings. The van der Waals surface area contributed by atoms with Gasteiger partial charge in [-0.2, -0.15) is 0 Å². The Kier molecular flexibility index (Phi) is 5.21. The Morgan fingerprint density at radius 1 is 1.17 bits per heavy atom. The van der Waals surface area contributed by atoms with Crippen LogP contribution >= 0.6 is 0 Å². The molecular formula is C16H26N2. The summed E-state index contributed by atoms with van der Waals surface area (Å²) in [6, 6.07) is 10.0. The van der Waals surface area contributed by atoms with Crippen LogP contribution in [0.1, 0.15) is 37.3 Å². The maximum absolute atomic E-state index is 3.19. The Labute approximate surface area is 111 Å². The summed E-state index contributed by atoms with van der Waals surface area (Å²) < 4.78 is 0. The van der Waals surface area contributed by atoms with Gasteiger partial charge in [-0.25, -0.2) is 0 Å². The molecule has 0 spiro atoms. The zero-order valence-corrected chi connectivity index (χ0v) is 11.8. The van der Waals surface area contributed by atoms with E-state index in [1.807, 2.05) is 7.05 Å². The van der Waals surface area contributed by atoms with Crippen LogP contribution in [0.3, 0.4) is 0 Å². The molecule has 1 N–H and O–H groups in total. The van der Waals surface area contributed by atoms with Gasteiger partial charge in [-0.05, 0) is 56.9 Å². The fourth-order valence-electron chi connectivity index (χ4n) is 2.43. The summed E-state index contributed by atoms with van der Waals surface area (Å²) in [4.78, 5) is 2.64. The fraction of sp³-hybridized carbons (Fsp3) is 0.625. The number of hydrogen-bond acceptors (Lipinski definition) is 2. The molecule has 2 nitrogen and oxygen atoms in total. The van der Waals surface area contributed by atoms with Crippen molar-refractivity contribution in [1.29, 1.82) is 0 Å². The molecule has 0 aliphatic heterocycles. The number of hydrogen-bond donors (Lipinski definition) is 1. The van der Waals surface area contributed by atoms with Gasteiger partial charge in [-0.15, -0.1) is 0 Å². The molecule has 0 bridgehead atoms. The van der Waals surface area contributed by atoms with Crippen LogP contribution in [0.25, 0.3) is 0 Å². The molecule has 1 saturated carbocycles. The Morgan fingerprint density at radius 2 is 1.83 bits per heavy atom. The quantitative estimate of drug-likeness (QED) is 0.759. The van der Waals surface area contributed by atoms with Crippen LogP contribution in [-0.2, 0) is 13.0 Å². The maximum Gasteiger partial charge on any atom is 0.0236 e. The first kappa shape index (κ1) is 13.6. The maximum atomic E-state index is 3.19. The van der Waals surface area contributed by atoms with E-state index >= 15 is 0 Å². The highest BCUT2D eigenvalue weighted by Crippen LogP contribution is 2.28. The van der Waals surface area contributed by atoms with E-state index in [2.05, 4.69) is 41.4 Å². The first-order valence-corrected chi connectivity index (χ1v) is 7.30. The molecule has 0 amide bonds. The zero-order valence-electron chi connectivity index (χ0n) is 11.8. The second-order valence-corrected chi connectivity index (χ2v) is 5.37. The molecule has 0 atom stereocenters. The highest BCUT2D eigenvalue weighted by Gasteiger charge is 2.27. The van der Waals surface area contributed by atoms with Gasteiger partial charge in [0.05, 0.1) is 0 Å². The Hall–Kier alpha value is -0.860. The van der Waals surface area contributed by atoms with Gasteiger partial charge in [0.15, 0.2) is 0 Å². The van der Waals surface area contributed by atoms with E-state index in [0.29, 0.717) is 0 Å². The van der Waals surface area contributed by atoms with Gasteiger partial charge in [0.1, 0.15) is 0 Å². The third kappa shape index (κ3) is 4.11. The van der Waals surface area contributed by atoms with Crippen LogP contribution in [0, 0.1) is 0 Å². The highest BCUT2D eigenvalue weighted by atomic mass is 15.2. The van der Waals surface area contributed by atoms with Crippen LogP contribution in [-0.4, -0.2) is 31.1 Å². The lowest BCUT2D eigenvalue weighted by Gasteiger charge is -2.21. The molecule has 0 radical (unpaired) electrons. The molecule has 18 heavy (non-hydrogen) atoms. The van der Waals surface area contributed by atoms with E-state index in [0.717, 1.165) is 25.6 Å². The van der Waals surface area contributed by atoms with E-state index in [-0.39, 0.29) is 0 Å². The fourth-order valence-corrected chi connectivity index (χ4v) is 2.43. The molecule has 2 heteroatoms. The summed E-state index contributed by atoms with van der Waals surface area (Å²) in [7, 11) is 2.01. The summed E-state index contributed by atoms with van der Waals surface area (Å²) in [6.45, 7) is 5.70. The molecule has 0 aromatic heterocycles. The van der Waals surface area contributed by atoms with E-state index in [1.54, 1.807) is 0 Å². The third-order valence-corrected chi connectivity index (χ3v) is 3.65. The van der Waals surface area contributed by atoms with Crippen LogP contribution in [0.4, 0.5) is 0 Å². The first-order chi connectivity index (χ1) is 8.83. The molecule has 1 aliphatic carbocycles. The van der Waals surface area contributed by atoms with Gasteiger partial charge in [0.25, 0.3) is 0 Å². The van der Waals surface area contributed by atoms with E-state index in [9.17, 15) is 0 Å². The monoisotopic (exact) mass is 246 g/mol. The van der Waals surface area contributed by atoms with E-state index in [1.165, 1.54) is 36.9 Å². The summed E-state index contributed by atoms with van der Waals surface area (Å²) in [5.74, 6) is 0. The normalized spacial score (nSPS) is 15.3. The van der Waals surface area contributed by atoms with E-state index < -0.39 is 0 Å². The van der Waals surface area contributed by atoms with Crippen molar-refractivity contribution in [2.24, 2.45) is 0 Å².